The van der Waals surface area contributed by atoms with Crippen molar-refractivity contribution in [2.24, 2.45) is 5.92 Å². The van der Waals surface area contributed by atoms with Gasteiger partial charge in [-0.15, -0.1) is 0 Å². The third kappa shape index (κ3) is 3.43. The van der Waals surface area contributed by atoms with Crippen molar-refractivity contribution in [3.63, 3.8) is 0 Å². The Balaban J connectivity index is 1.77. The Morgan fingerprint density at radius 3 is 3.00 bits per heavy atom. The average molecular weight is 329 g/mol. The standard InChI is InChI=1S/C18H23N3O3/c1-12-3-6-15(17-19-7-8-24-17)9-16(12)20-18(23)21-10-14(11-22)5-4-13(21)2/h3,6-9,13-14,22H,4-5,10-11H2,1-2H3,(H,20,23). The van der Waals surface area contributed by atoms with Crippen molar-refractivity contribution in [3.05, 3.63) is 36.2 Å². The number of likely N-dealkylation sites (tertiary alicyclic amines) is 1. The number of hydrogen-bond acceptors (Lipinski definition) is 4. The third-order valence-electron chi connectivity index (χ3n) is 4.66. The third-order valence-corrected chi connectivity index (χ3v) is 4.66. The number of aliphatic hydroxyl groups is 1. The van der Waals surface area contributed by atoms with Gasteiger partial charge in [-0.1, -0.05) is 6.07 Å². The maximum Gasteiger partial charge on any atom is 0.322 e. The van der Waals surface area contributed by atoms with E-state index in [4.69, 9.17) is 4.42 Å². The summed E-state index contributed by atoms with van der Waals surface area (Å²) >= 11 is 0. The highest BCUT2D eigenvalue weighted by Gasteiger charge is 2.28. The SMILES string of the molecule is Cc1ccc(-c2ncco2)cc1NC(=O)N1CC(CO)CCC1C. The van der Waals surface area contributed by atoms with Crippen LogP contribution >= 0.6 is 0 Å². The zero-order valence-electron chi connectivity index (χ0n) is 14.0. The highest BCUT2D eigenvalue weighted by Crippen LogP contribution is 2.26. The second-order valence-electron chi connectivity index (χ2n) is 6.42. The van der Waals surface area contributed by atoms with Gasteiger partial charge < -0.3 is 19.7 Å². The predicted molar refractivity (Wildman–Crippen MR) is 91.7 cm³/mol. The first kappa shape index (κ1) is 16.5. The predicted octanol–water partition coefficient (Wildman–Crippen LogP) is 3.27. The minimum atomic E-state index is -0.131. The van der Waals surface area contributed by atoms with Gasteiger partial charge in [0.1, 0.15) is 6.26 Å². The molecule has 0 aliphatic carbocycles. The molecule has 2 amide bonds. The van der Waals surface area contributed by atoms with E-state index in [2.05, 4.69) is 10.3 Å². The largest absolute Gasteiger partial charge is 0.445 e. The van der Waals surface area contributed by atoms with Crippen LogP contribution in [0.25, 0.3) is 11.5 Å². The van der Waals surface area contributed by atoms with Crippen LogP contribution in [0, 0.1) is 12.8 Å². The molecule has 1 saturated heterocycles. The van der Waals surface area contributed by atoms with E-state index in [-0.39, 0.29) is 24.6 Å². The molecule has 0 bridgehead atoms. The van der Waals surface area contributed by atoms with E-state index in [9.17, 15) is 9.90 Å². The van der Waals surface area contributed by atoms with Gasteiger partial charge in [0.2, 0.25) is 5.89 Å². The number of carbonyl (C=O) groups is 1. The molecule has 2 atom stereocenters. The lowest BCUT2D eigenvalue weighted by molar-refractivity contribution is 0.107. The van der Waals surface area contributed by atoms with Crippen molar-refractivity contribution < 1.29 is 14.3 Å². The van der Waals surface area contributed by atoms with Crippen LogP contribution in [-0.4, -0.2) is 40.2 Å². The fourth-order valence-corrected chi connectivity index (χ4v) is 3.06. The zero-order valence-corrected chi connectivity index (χ0v) is 14.0. The van der Waals surface area contributed by atoms with Crippen molar-refractivity contribution in [3.8, 4) is 11.5 Å². The summed E-state index contributed by atoms with van der Waals surface area (Å²) < 4.78 is 5.32. The molecule has 128 valence electrons. The summed E-state index contributed by atoms with van der Waals surface area (Å²) in [4.78, 5) is 18.6. The molecule has 6 nitrogen and oxygen atoms in total. The Morgan fingerprint density at radius 2 is 2.29 bits per heavy atom. The van der Waals surface area contributed by atoms with Crippen molar-refractivity contribution >= 4 is 11.7 Å². The van der Waals surface area contributed by atoms with Crippen molar-refractivity contribution in [2.75, 3.05) is 18.5 Å². The number of aryl methyl sites for hydroxylation is 1. The molecule has 1 fully saturated rings. The number of nitrogens with zero attached hydrogens (tertiary/aromatic N) is 2. The molecule has 1 aromatic carbocycles. The first-order chi connectivity index (χ1) is 11.6. The summed E-state index contributed by atoms with van der Waals surface area (Å²) in [6.45, 7) is 4.70. The first-order valence-electron chi connectivity index (χ1n) is 8.27. The summed E-state index contributed by atoms with van der Waals surface area (Å²) in [5.41, 5.74) is 2.54. The average Bonchev–Trinajstić information content (AvgIpc) is 3.11. The van der Waals surface area contributed by atoms with E-state index in [1.54, 1.807) is 6.20 Å². The molecule has 3 rings (SSSR count). The fourth-order valence-electron chi connectivity index (χ4n) is 3.06. The maximum absolute atomic E-state index is 12.7. The van der Waals surface area contributed by atoms with Crippen LogP contribution < -0.4 is 5.32 Å². The molecular formula is C18H23N3O3. The first-order valence-corrected chi connectivity index (χ1v) is 8.27. The van der Waals surface area contributed by atoms with Gasteiger partial charge in [0.05, 0.1) is 6.20 Å². The Hall–Kier alpha value is -2.34. The van der Waals surface area contributed by atoms with Crippen LogP contribution in [0.2, 0.25) is 0 Å². The lowest BCUT2D eigenvalue weighted by Crippen LogP contribution is -2.48. The van der Waals surface area contributed by atoms with Gasteiger partial charge in [-0.25, -0.2) is 9.78 Å². The second-order valence-corrected chi connectivity index (χ2v) is 6.42. The van der Waals surface area contributed by atoms with Crippen molar-refractivity contribution in [1.29, 1.82) is 0 Å². The molecule has 0 saturated carbocycles. The summed E-state index contributed by atoms with van der Waals surface area (Å²) in [5.74, 6) is 0.684. The Labute approximate surface area is 141 Å². The zero-order chi connectivity index (χ0) is 17.1. The number of urea groups is 1. The van der Waals surface area contributed by atoms with Crippen molar-refractivity contribution in [1.82, 2.24) is 9.88 Å². The Bertz CT molecular complexity index is 700. The van der Waals surface area contributed by atoms with Crippen LogP contribution in [0.5, 0.6) is 0 Å². The number of aromatic nitrogens is 1. The lowest BCUT2D eigenvalue weighted by atomic mass is 9.94. The van der Waals surface area contributed by atoms with Gasteiger partial charge in [0.15, 0.2) is 0 Å². The summed E-state index contributed by atoms with van der Waals surface area (Å²) in [6, 6.07) is 5.77. The number of rotatable bonds is 3. The minimum Gasteiger partial charge on any atom is -0.445 e. The molecule has 1 aliphatic rings. The van der Waals surface area contributed by atoms with Gasteiger partial charge in [-0.2, -0.15) is 0 Å². The number of anilines is 1. The van der Waals surface area contributed by atoms with Crippen molar-refractivity contribution in [2.45, 2.75) is 32.7 Å². The number of piperidine rings is 1. The Morgan fingerprint density at radius 1 is 1.46 bits per heavy atom. The summed E-state index contributed by atoms with van der Waals surface area (Å²) in [6.07, 6.45) is 4.99. The molecule has 2 heterocycles. The van der Waals surface area contributed by atoms with E-state index < -0.39 is 0 Å². The second kappa shape index (κ2) is 7.05. The molecule has 2 N–H and O–H groups in total. The number of amides is 2. The molecule has 24 heavy (non-hydrogen) atoms. The molecule has 0 radical (unpaired) electrons. The van der Waals surface area contributed by atoms with Gasteiger partial charge in [-0.3, -0.25) is 0 Å². The molecule has 2 unspecified atom stereocenters. The lowest BCUT2D eigenvalue weighted by Gasteiger charge is -2.37. The number of nitrogens with one attached hydrogen (secondary N) is 1. The fraction of sp³-hybridized carbons (Fsp3) is 0.444. The van der Waals surface area contributed by atoms with Crippen LogP contribution in [0.4, 0.5) is 10.5 Å². The normalized spacial score (nSPS) is 20.9. The van der Waals surface area contributed by atoms with Crippen LogP contribution in [0.1, 0.15) is 25.3 Å². The number of carbonyl (C=O) groups excluding carboxylic acids is 1. The number of aliphatic hydroxyl groups excluding tert-OH is 1. The van der Waals surface area contributed by atoms with Gasteiger partial charge >= 0.3 is 6.03 Å². The van der Waals surface area contributed by atoms with Crippen LogP contribution in [-0.2, 0) is 0 Å². The van der Waals surface area contributed by atoms with Gasteiger partial charge in [-0.05, 0) is 50.3 Å². The molecule has 0 spiro atoms. The summed E-state index contributed by atoms with van der Waals surface area (Å²) in [5, 5.41) is 12.4. The maximum atomic E-state index is 12.7. The van der Waals surface area contributed by atoms with E-state index in [1.807, 2.05) is 36.9 Å². The smallest absolute Gasteiger partial charge is 0.322 e. The molecule has 1 aromatic heterocycles. The summed E-state index contributed by atoms with van der Waals surface area (Å²) in [7, 11) is 0. The quantitative estimate of drug-likeness (QED) is 0.906. The molecular weight excluding hydrogens is 306 g/mol. The number of benzene rings is 1. The topological polar surface area (TPSA) is 78.6 Å². The van der Waals surface area contributed by atoms with E-state index in [1.165, 1.54) is 6.26 Å². The molecule has 1 aliphatic heterocycles. The van der Waals surface area contributed by atoms with Crippen LogP contribution in [0.15, 0.2) is 35.1 Å². The van der Waals surface area contributed by atoms with Crippen LogP contribution in [0.3, 0.4) is 0 Å². The number of hydrogen-bond donors (Lipinski definition) is 2. The van der Waals surface area contributed by atoms with E-state index >= 15 is 0 Å². The highest BCUT2D eigenvalue weighted by molar-refractivity contribution is 5.91. The van der Waals surface area contributed by atoms with Gasteiger partial charge in [0.25, 0.3) is 0 Å². The molecule has 2 aromatic rings. The minimum absolute atomic E-state index is 0.120. The van der Waals surface area contributed by atoms with Gasteiger partial charge in [0, 0.05) is 30.4 Å². The monoisotopic (exact) mass is 329 g/mol. The molecule has 6 heteroatoms. The Kier molecular flexibility index (Phi) is 4.85. The van der Waals surface area contributed by atoms with E-state index in [0.29, 0.717) is 12.4 Å². The number of oxazole rings is 1. The van der Waals surface area contributed by atoms with E-state index in [0.717, 1.165) is 29.7 Å². The highest BCUT2D eigenvalue weighted by atomic mass is 16.3.